The lowest BCUT2D eigenvalue weighted by atomic mass is 10.2. The molecular weight excluding hydrogens is 240 g/mol. The van der Waals surface area contributed by atoms with Crippen molar-refractivity contribution in [1.29, 1.82) is 0 Å². The largest absolute Gasteiger partial charge is 0.487 e. The third kappa shape index (κ3) is 4.48. The SMILES string of the molecule is Cc1cc(OC2CCOC2)c(CNCC(C)C)cn1. The summed E-state index contributed by atoms with van der Waals surface area (Å²) in [6.07, 6.45) is 3.07. The lowest BCUT2D eigenvalue weighted by molar-refractivity contribution is 0.140. The van der Waals surface area contributed by atoms with E-state index < -0.39 is 0 Å². The second kappa shape index (κ2) is 6.87. The van der Waals surface area contributed by atoms with E-state index in [0.717, 1.165) is 43.1 Å². The number of rotatable bonds is 6. The van der Waals surface area contributed by atoms with Crippen LogP contribution in [0, 0.1) is 12.8 Å². The number of hydrogen-bond donors (Lipinski definition) is 1. The van der Waals surface area contributed by atoms with E-state index in [2.05, 4.69) is 24.1 Å². The Morgan fingerprint density at radius 2 is 2.37 bits per heavy atom. The van der Waals surface area contributed by atoms with Crippen LogP contribution in [0.2, 0.25) is 0 Å². The van der Waals surface area contributed by atoms with Crippen LogP contribution in [0.3, 0.4) is 0 Å². The molecule has 0 amide bonds. The first-order valence-corrected chi connectivity index (χ1v) is 7.06. The lowest BCUT2D eigenvalue weighted by Crippen LogP contribution is -2.21. The molecule has 1 aliphatic rings. The van der Waals surface area contributed by atoms with Crippen molar-refractivity contribution in [2.45, 2.75) is 39.8 Å². The first kappa shape index (κ1) is 14.3. The monoisotopic (exact) mass is 264 g/mol. The lowest BCUT2D eigenvalue weighted by Gasteiger charge is -2.16. The van der Waals surface area contributed by atoms with Gasteiger partial charge >= 0.3 is 0 Å². The van der Waals surface area contributed by atoms with Crippen molar-refractivity contribution in [3.8, 4) is 5.75 Å². The molecule has 2 rings (SSSR count). The fourth-order valence-corrected chi connectivity index (χ4v) is 2.09. The predicted molar refractivity (Wildman–Crippen MR) is 75.4 cm³/mol. The highest BCUT2D eigenvalue weighted by atomic mass is 16.5. The van der Waals surface area contributed by atoms with Crippen molar-refractivity contribution >= 4 is 0 Å². The van der Waals surface area contributed by atoms with Crippen LogP contribution >= 0.6 is 0 Å². The van der Waals surface area contributed by atoms with Crippen molar-refractivity contribution in [2.24, 2.45) is 5.92 Å². The van der Waals surface area contributed by atoms with Gasteiger partial charge < -0.3 is 14.8 Å². The number of aromatic nitrogens is 1. The van der Waals surface area contributed by atoms with Crippen molar-refractivity contribution in [3.05, 3.63) is 23.5 Å². The Labute approximate surface area is 115 Å². The van der Waals surface area contributed by atoms with Gasteiger partial charge in [-0.1, -0.05) is 13.8 Å². The molecule has 106 valence electrons. The second-order valence-electron chi connectivity index (χ2n) is 5.56. The molecule has 0 saturated carbocycles. The summed E-state index contributed by atoms with van der Waals surface area (Å²) in [4.78, 5) is 4.36. The summed E-state index contributed by atoms with van der Waals surface area (Å²) in [5, 5.41) is 3.43. The smallest absolute Gasteiger partial charge is 0.127 e. The maximum absolute atomic E-state index is 6.04. The summed E-state index contributed by atoms with van der Waals surface area (Å²) in [6.45, 7) is 9.69. The van der Waals surface area contributed by atoms with E-state index in [0.29, 0.717) is 12.5 Å². The molecule has 0 aromatic carbocycles. The molecule has 4 heteroatoms. The summed E-state index contributed by atoms with van der Waals surface area (Å²) in [7, 11) is 0. The fourth-order valence-electron chi connectivity index (χ4n) is 2.09. The van der Waals surface area contributed by atoms with E-state index in [4.69, 9.17) is 9.47 Å². The van der Waals surface area contributed by atoms with Gasteiger partial charge in [-0.3, -0.25) is 4.98 Å². The number of aryl methyl sites for hydroxylation is 1. The van der Waals surface area contributed by atoms with Crippen LogP contribution in [0.1, 0.15) is 31.5 Å². The molecule has 19 heavy (non-hydrogen) atoms. The number of pyridine rings is 1. The van der Waals surface area contributed by atoms with Crippen LogP contribution in [0.25, 0.3) is 0 Å². The minimum atomic E-state index is 0.186. The first-order chi connectivity index (χ1) is 9.15. The summed E-state index contributed by atoms with van der Waals surface area (Å²) in [5.41, 5.74) is 2.11. The van der Waals surface area contributed by atoms with Crippen LogP contribution in [0.4, 0.5) is 0 Å². The van der Waals surface area contributed by atoms with Crippen LogP contribution in [0.5, 0.6) is 5.75 Å². The highest BCUT2D eigenvalue weighted by Gasteiger charge is 2.18. The zero-order valence-electron chi connectivity index (χ0n) is 12.1. The molecule has 0 spiro atoms. The normalized spacial score (nSPS) is 19.1. The Bertz CT molecular complexity index is 401. The minimum Gasteiger partial charge on any atom is -0.487 e. The molecule has 1 fully saturated rings. The Hall–Kier alpha value is -1.13. The van der Waals surface area contributed by atoms with Gasteiger partial charge in [-0.15, -0.1) is 0 Å². The first-order valence-electron chi connectivity index (χ1n) is 7.06. The molecule has 2 heterocycles. The topological polar surface area (TPSA) is 43.4 Å². The van der Waals surface area contributed by atoms with Gasteiger partial charge in [-0.2, -0.15) is 0 Å². The van der Waals surface area contributed by atoms with Crippen LogP contribution in [-0.2, 0) is 11.3 Å². The molecule has 1 N–H and O–H groups in total. The average molecular weight is 264 g/mol. The molecular formula is C15H24N2O2. The van der Waals surface area contributed by atoms with Gasteiger partial charge in [-0.05, 0) is 19.4 Å². The summed E-state index contributed by atoms with van der Waals surface area (Å²) in [6, 6.07) is 2.02. The van der Waals surface area contributed by atoms with Crippen LogP contribution < -0.4 is 10.1 Å². The van der Waals surface area contributed by atoms with Crippen LogP contribution in [0.15, 0.2) is 12.3 Å². The van der Waals surface area contributed by atoms with Gasteiger partial charge in [0.25, 0.3) is 0 Å². The van der Waals surface area contributed by atoms with Crippen molar-refractivity contribution in [2.75, 3.05) is 19.8 Å². The Balaban J connectivity index is 1.99. The van der Waals surface area contributed by atoms with E-state index in [9.17, 15) is 0 Å². The van der Waals surface area contributed by atoms with E-state index in [1.165, 1.54) is 0 Å². The van der Waals surface area contributed by atoms with Crippen molar-refractivity contribution in [3.63, 3.8) is 0 Å². The van der Waals surface area contributed by atoms with Crippen molar-refractivity contribution < 1.29 is 9.47 Å². The number of nitrogens with zero attached hydrogens (tertiary/aromatic N) is 1. The maximum Gasteiger partial charge on any atom is 0.127 e. The molecule has 1 aromatic heterocycles. The second-order valence-corrected chi connectivity index (χ2v) is 5.56. The summed E-state index contributed by atoms with van der Waals surface area (Å²) < 4.78 is 11.4. The van der Waals surface area contributed by atoms with E-state index in [1.807, 2.05) is 19.2 Å². The van der Waals surface area contributed by atoms with E-state index >= 15 is 0 Å². The molecule has 1 aromatic rings. The molecule has 4 nitrogen and oxygen atoms in total. The molecule has 1 aliphatic heterocycles. The number of ether oxygens (including phenoxy) is 2. The summed E-state index contributed by atoms with van der Waals surface area (Å²) >= 11 is 0. The van der Waals surface area contributed by atoms with Crippen LogP contribution in [-0.4, -0.2) is 30.8 Å². The van der Waals surface area contributed by atoms with Gasteiger partial charge in [0.2, 0.25) is 0 Å². The average Bonchev–Trinajstić information content (AvgIpc) is 2.84. The maximum atomic E-state index is 6.04. The van der Waals surface area contributed by atoms with Gasteiger partial charge in [0.05, 0.1) is 13.2 Å². The zero-order chi connectivity index (χ0) is 13.7. The molecule has 0 aliphatic carbocycles. The molecule has 1 unspecified atom stereocenters. The molecule has 0 radical (unpaired) electrons. The van der Waals surface area contributed by atoms with Gasteiger partial charge in [0.1, 0.15) is 11.9 Å². The number of nitrogens with one attached hydrogen (secondary N) is 1. The fraction of sp³-hybridized carbons (Fsp3) is 0.667. The highest BCUT2D eigenvalue weighted by Crippen LogP contribution is 2.22. The quantitative estimate of drug-likeness (QED) is 0.856. The standard InChI is InChI=1S/C15H24N2O2/c1-11(2)7-16-8-13-9-17-12(3)6-15(13)19-14-4-5-18-10-14/h6,9,11,14,16H,4-5,7-8,10H2,1-3H3. The Kier molecular flexibility index (Phi) is 5.16. The Morgan fingerprint density at radius 3 is 3.05 bits per heavy atom. The van der Waals surface area contributed by atoms with Gasteiger partial charge in [0.15, 0.2) is 0 Å². The summed E-state index contributed by atoms with van der Waals surface area (Å²) in [5.74, 6) is 1.59. The van der Waals surface area contributed by atoms with E-state index in [1.54, 1.807) is 0 Å². The zero-order valence-corrected chi connectivity index (χ0v) is 12.1. The van der Waals surface area contributed by atoms with Crippen molar-refractivity contribution in [1.82, 2.24) is 10.3 Å². The molecule has 0 bridgehead atoms. The van der Waals surface area contributed by atoms with E-state index in [-0.39, 0.29) is 6.10 Å². The minimum absolute atomic E-state index is 0.186. The third-order valence-corrected chi connectivity index (χ3v) is 3.13. The van der Waals surface area contributed by atoms with Gasteiger partial charge in [-0.25, -0.2) is 0 Å². The highest BCUT2D eigenvalue weighted by molar-refractivity contribution is 5.33. The third-order valence-electron chi connectivity index (χ3n) is 3.13. The predicted octanol–water partition coefficient (Wildman–Crippen LogP) is 2.30. The Morgan fingerprint density at radius 1 is 1.53 bits per heavy atom. The molecule has 1 saturated heterocycles. The molecule has 1 atom stereocenters. The number of hydrogen-bond acceptors (Lipinski definition) is 4. The van der Waals surface area contributed by atoms with Gasteiger partial charge in [0, 0.05) is 36.5 Å².